The molecule has 2 rings (SSSR count). The Balaban J connectivity index is 1.78. The summed E-state index contributed by atoms with van der Waals surface area (Å²) in [5.74, 6) is 0. The summed E-state index contributed by atoms with van der Waals surface area (Å²) in [4.78, 5) is 0. The molecule has 0 aliphatic rings. The lowest BCUT2D eigenvalue weighted by Crippen LogP contribution is -2.11. The molecule has 0 fully saturated rings. The first-order valence-corrected chi connectivity index (χ1v) is 5.11. The van der Waals surface area contributed by atoms with Gasteiger partial charge in [0.25, 0.3) is 0 Å². The summed E-state index contributed by atoms with van der Waals surface area (Å²) in [5.41, 5.74) is 2.37. The van der Waals surface area contributed by atoms with Crippen LogP contribution in [-0.2, 0) is 19.6 Å². The second-order valence-electron chi connectivity index (χ2n) is 3.44. The van der Waals surface area contributed by atoms with Crippen molar-refractivity contribution in [2.45, 2.75) is 26.6 Å². The van der Waals surface area contributed by atoms with Gasteiger partial charge in [0.2, 0.25) is 0 Å². The molecule has 4 heteroatoms. The summed E-state index contributed by atoms with van der Waals surface area (Å²) in [5, 5.41) is 7.54. The van der Waals surface area contributed by atoms with E-state index in [1.165, 1.54) is 5.56 Å². The molecule has 0 saturated heterocycles. The molecule has 2 aromatic rings. The maximum absolute atomic E-state index is 4.98. The molecule has 2 aromatic heterocycles. The van der Waals surface area contributed by atoms with Gasteiger partial charge in [-0.05, 0) is 13.0 Å². The second kappa shape index (κ2) is 4.79. The van der Waals surface area contributed by atoms with Gasteiger partial charge in [0.15, 0.2) is 0 Å². The molecule has 15 heavy (non-hydrogen) atoms. The van der Waals surface area contributed by atoms with Crippen molar-refractivity contribution < 1.29 is 4.42 Å². The van der Waals surface area contributed by atoms with Crippen molar-refractivity contribution in [1.82, 2.24) is 15.1 Å². The summed E-state index contributed by atoms with van der Waals surface area (Å²) >= 11 is 0. The molecule has 0 aliphatic heterocycles. The van der Waals surface area contributed by atoms with Crippen molar-refractivity contribution in [2.24, 2.45) is 0 Å². The Morgan fingerprint density at radius 1 is 1.40 bits per heavy atom. The molecule has 1 N–H and O–H groups in total. The number of nitrogens with one attached hydrogen (secondary N) is 1. The minimum Gasteiger partial charge on any atom is -0.472 e. The normalized spacial score (nSPS) is 10.7. The van der Waals surface area contributed by atoms with Crippen LogP contribution in [0.2, 0.25) is 0 Å². The van der Waals surface area contributed by atoms with Crippen molar-refractivity contribution in [1.29, 1.82) is 0 Å². The Hall–Kier alpha value is -1.55. The van der Waals surface area contributed by atoms with E-state index < -0.39 is 0 Å². The van der Waals surface area contributed by atoms with Gasteiger partial charge in [-0.3, -0.25) is 4.68 Å². The zero-order valence-electron chi connectivity index (χ0n) is 8.81. The Bertz CT molecular complexity index is 392. The lowest BCUT2D eigenvalue weighted by molar-refractivity contribution is 0.560. The van der Waals surface area contributed by atoms with Gasteiger partial charge < -0.3 is 9.73 Å². The van der Waals surface area contributed by atoms with Crippen LogP contribution in [-0.4, -0.2) is 9.78 Å². The van der Waals surface area contributed by atoms with Crippen molar-refractivity contribution in [3.8, 4) is 0 Å². The largest absolute Gasteiger partial charge is 0.472 e. The van der Waals surface area contributed by atoms with E-state index in [2.05, 4.69) is 23.5 Å². The van der Waals surface area contributed by atoms with Crippen LogP contribution in [0.5, 0.6) is 0 Å². The van der Waals surface area contributed by atoms with Crippen LogP contribution in [0.15, 0.2) is 35.4 Å². The molecule has 0 radical (unpaired) electrons. The predicted octanol–water partition coefficient (Wildman–Crippen LogP) is 1.79. The topological polar surface area (TPSA) is 43.0 Å². The number of furan rings is 1. The van der Waals surface area contributed by atoms with Gasteiger partial charge >= 0.3 is 0 Å². The lowest BCUT2D eigenvalue weighted by atomic mass is 10.3. The zero-order valence-corrected chi connectivity index (χ0v) is 8.81. The van der Waals surface area contributed by atoms with Gasteiger partial charge in [0, 0.05) is 37.0 Å². The van der Waals surface area contributed by atoms with Gasteiger partial charge in [-0.1, -0.05) is 0 Å². The summed E-state index contributed by atoms with van der Waals surface area (Å²) in [7, 11) is 0. The summed E-state index contributed by atoms with van der Waals surface area (Å²) < 4.78 is 6.91. The van der Waals surface area contributed by atoms with E-state index in [9.17, 15) is 0 Å². The first-order valence-electron chi connectivity index (χ1n) is 5.11. The molecule has 0 spiro atoms. The van der Waals surface area contributed by atoms with Gasteiger partial charge in [0.05, 0.1) is 18.7 Å². The predicted molar refractivity (Wildman–Crippen MR) is 57.2 cm³/mol. The molecule has 0 aromatic carbocycles. The smallest absolute Gasteiger partial charge is 0.0947 e. The number of hydrogen-bond donors (Lipinski definition) is 1. The second-order valence-corrected chi connectivity index (χ2v) is 3.44. The Morgan fingerprint density at radius 2 is 2.27 bits per heavy atom. The standard InChI is InChI=1S/C11H15N3O/c1-2-14-8-11(7-13-14)6-12-5-10-3-4-15-9-10/h3-4,7-9,12H,2,5-6H2,1H3. The quantitative estimate of drug-likeness (QED) is 0.809. The highest BCUT2D eigenvalue weighted by Gasteiger charge is 1.97. The SMILES string of the molecule is CCn1cc(CNCc2ccoc2)cn1. The summed E-state index contributed by atoms with van der Waals surface area (Å²) in [6, 6.07) is 1.96. The Labute approximate surface area is 88.9 Å². The van der Waals surface area contributed by atoms with E-state index in [4.69, 9.17) is 4.42 Å². The molecule has 0 amide bonds. The molecular weight excluding hydrogens is 190 g/mol. The highest BCUT2D eigenvalue weighted by molar-refractivity contribution is 5.06. The van der Waals surface area contributed by atoms with Gasteiger partial charge in [-0.15, -0.1) is 0 Å². The molecule has 80 valence electrons. The number of rotatable bonds is 5. The van der Waals surface area contributed by atoms with E-state index in [1.807, 2.05) is 16.9 Å². The summed E-state index contributed by atoms with van der Waals surface area (Å²) in [6.45, 7) is 4.66. The number of nitrogens with zero attached hydrogens (tertiary/aromatic N) is 2. The van der Waals surface area contributed by atoms with Crippen LogP contribution in [0, 0.1) is 0 Å². The van der Waals surface area contributed by atoms with E-state index in [0.29, 0.717) is 0 Å². The molecular formula is C11H15N3O. The zero-order chi connectivity index (χ0) is 10.5. The number of aromatic nitrogens is 2. The van der Waals surface area contributed by atoms with E-state index in [0.717, 1.165) is 25.2 Å². The highest BCUT2D eigenvalue weighted by atomic mass is 16.3. The average molecular weight is 205 g/mol. The van der Waals surface area contributed by atoms with Crippen LogP contribution in [0.25, 0.3) is 0 Å². The highest BCUT2D eigenvalue weighted by Crippen LogP contribution is 2.01. The summed E-state index contributed by atoms with van der Waals surface area (Å²) in [6.07, 6.45) is 7.39. The van der Waals surface area contributed by atoms with Gasteiger partial charge in [0.1, 0.15) is 0 Å². The average Bonchev–Trinajstić information content (AvgIpc) is 2.88. The maximum atomic E-state index is 4.98. The van der Waals surface area contributed by atoms with Crippen LogP contribution in [0.3, 0.4) is 0 Å². The minimum atomic E-state index is 0.827. The van der Waals surface area contributed by atoms with E-state index >= 15 is 0 Å². The lowest BCUT2D eigenvalue weighted by Gasteiger charge is -1.99. The first-order chi connectivity index (χ1) is 7.38. The van der Waals surface area contributed by atoms with Crippen molar-refractivity contribution in [3.63, 3.8) is 0 Å². The Morgan fingerprint density at radius 3 is 2.93 bits per heavy atom. The Kier molecular flexibility index (Phi) is 3.19. The van der Waals surface area contributed by atoms with E-state index in [1.54, 1.807) is 12.5 Å². The third-order valence-electron chi connectivity index (χ3n) is 2.25. The van der Waals surface area contributed by atoms with Crippen LogP contribution < -0.4 is 5.32 Å². The fourth-order valence-electron chi connectivity index (χ4n) is 1.42. The molecule has 0 unspecified atom stereocenters. The van der Waals surface area contributed by atoms with Gasteiger partial charge in [-0.25, -0.2) is 0 Å². The molecule has 0 aliphatic carbocycles. The van der Waals surface area contributed by atoms with E-state index in [-0.39, 0.29) is 0 Å². The third-order valence-corrected chi connectivity index (χ3v) is 2.25. The molecule has 4 nitrogen and oxygen atoms in total. The fourth-order valence-corrected chi connectivity index (χ4v) is 1.42. The van der Waals surface area contributed by atoms with Crippen LogP contribution in [0.1, 0.15) is 18.1 Å². The van der Waals surface area contributed by atoms with Crippen molar-refractivity contribution in [2.75, 3.05) is 0 Å². The third kappa shape index (κ3) is 2.70. The molecule has 0 atom stereocenters. The van der Waals surface area contributed by atoms with Crippen LogP contribution in [0.4, 0.5) is 0 Å². The maximum Gasteiger partial charge on any atom is 0.0947 e. The van der Waals surface area contributed by atoms with Gasteiger partial charge in [-0.2, -0.15) is 5.10 Å². The minimum absolute atomic E-state index is 0.827. The number of aryl methyl sites for hydroxylation is 1. The van der Waals surface area contributed by atoms with Crippen molar-refractivity contribution >= 4 is 0 Å². The van der Waals surface area contributed by atoms with Crippen molar-refractivity contribution in [3.05, 3.63) is 42.1 Å². The number of hydrogen-bond acceptors (Lipinski definition) is 3. The first kappa shape index (κ1) is 9.98. The van der Waals surface area contributed by atoms with Crippen LogP contribution >= 0.6 is 0 Å². The molecule has 0 bridgehead atoms. The molecule has 2 heterocycles. The monoisotopic (exact) mass is 205 g/mol. The molecule has 0 saturated carbocycles. The fraction of sp³-hybridized carbons (Fsp3) is 0.364.